The van der Waals surface area contributed by atoms with Crippen molar-refractivity contribution in [2.75, 3.05) is 0 Å². The fraction of sp³-hybridized carbons (Fsp3) is 0.833. The first kappa shape index (κ1) is 8.78. The van der Waals surface area contributed by atoms with Gasteiger partial charge in [0.25, 0.3) is 0 Å². The van der Waals surface area contributed by atoms with E-state index >= 15 is 0 Å². The molecule has 0 aromatic heterocycles. The molecule has 0 amide bonds. The van der Waals surface area contributed by atoms with Gasteiger partial charge in [0.15, 0.2) is 0 Å². The Morgan fingerprint density at radius 1 is 1.29 bits per heavy atom. The van der Waals surface area contributed by atoms with Gasteiger partial charge >= 0.3 is 0 Å². The molecule has 3 rings (SSSR count). The molecule has 2 bridgehead atoms. The molecule has 0 saturated carbocycles. The first-order chi connectivity index (χ1) is 6.51. The van der Waals surface area contributed by atoms with Crippen LogP contribution >= 0.6 is 0 Å². The average Bonchev–Trinajstić information content (AvgIpc) is 2.56. The van der Waals surface area contributed by atoms with Gasteiger partial charge in [-0.1, -0.05) is 19.9 Å². The molecule has 2 nitrogen and oxygen atoms in total. The van der Waals surface area contributed by atoms with E-state index in [0.29, 0.717) is 29.0 Å². The van der Waals surface area contributed by atoms with E-state index in [-0.39, 0.29) is 0 Å². The molecule has 4 atom stereocenters. The molecule has 3 aliphatic rings. The predicted octanol–water partition coefficient (Wildman–Crippen LogP) is 1.64. The molecular weight excluding hydrogens is 172 g/mol. The van der Waals surface area contributed by atoms with Crippen molar-refractivity contribution in [3.8, 4) is 0 Å². The predicted molar refractivity (Wildman–Crippen MR) is 57.9 cm³/mol. The van der Waals surface area contributed by atoms with E-state index in [1.165, 1.54) is 12.8 Å². The zero-order valence-electron chi connectivity index (χ0n) is 9.30. The van der Waals surface area contributed by atoms with Crippen LogP contribution in [0.5, 0.6) is 0 Å². The summed E-state index contributed by atoms with van der Waals surface area (Å²) >= 11 is 0. The Morgan fingerprint density at radius 3 is 2.86 bits per heavy atom. The highest BCUT2D eigenvalue weighted by Gasteiger charge is 2.56. The highest BCUT2D eigenvalue weighted by atomic mass is 15.1. The van der Waals surface area contributed by atoms with Crippen molar-refractivity contribution in [2.45, 2.75) is 51.2 Å². The van der Waals surface area contributed by atoms with Gasteiger partial charge in [0.1, 0.15) is 0 Å². The molecule has 0 radical (unpaired) electrons. The third kappa shape index (κ3) is 0.952. The normalized spacial score (nSPS) is 52.9. The first-order valence-corrected chi connectivity index (χ1v) is 5.72. The zero-order valence-corrected chi connectivity index (χ0v) is 9.30. The first-order valence-electron chi connectivity index (χ1n) is 5.72. The number of hydrogen-bond donors (Lipinski definition) is 2. The molecule has 0 aromatic carbocycles. The van der Waals surface area contributed by atoms with Crippen molar-refractivity contribution in [3.05, 3.63) is 12.3 Å². The SMILES string of the molecule is CC1(C)C[C@]2(C)NC1CC1NC=CC12. The lowest BCUT2D eigenvalue weighted by atomic mass is 9.78. The second kappa shape index (κ2) is 2.35. The van der Waals surface area contributed by atoms with Gasteiger partial charge in [0, 0.05) is 23.5 Å². The molecule has 2 saturated heterocycles. The number of piperidine rings is 1. The molecule has 3 heterocycles. The molecule has 0 aliphatic carbocycles. The Balaban J connectivity index is 1.99. The number of hydrogen-bond acceptors (Lipinski definition) is 2. The van der Waals surface area contributed by atoms with Gasteiger partial charge in [-0.2, -0.15) is 0 Å². The van der Waals surface area contributed by atoms with Crippen LogP contribution in [0.4, 0.5) is 0 Å². The Morgan fingerprint density at radius 2 is 2.07 bits per heavy atom. The number of rotatable bonds is 0. The lowest BCUT2D eigenvalue weighted by Gasteiger charge is -2.41. The van der Waals surface area contributed by atoms with Crippen LogP contribution in [0.2, 0.25) is 0 Å². The van der Waals surface area contributed by atoms with E-state index < -0.39 is 0 Å². The smallest absolute Gasteiger partial charge is 0.0351 e. The summed E-state index contributed by atoms with van der Waals surface area (Å²) in [7, 11) is 0. The third-order valence-corrected chi connectivity index (χ3v) is 4.54. The largest absolute Gasteiger partial charge is 0.388 e. The van der Waals surface area contributed by atoms with E-state index in [1.807, 2.05) is 0 Å². The Labute approximate surface area is 86.1 Å². The lowest BCUT2D eigenvalue weighted by Crippen LogP contribution is -2.57. The summed E-state index contributed by atoms with van der Waals surface area (Å²) in [5.74, 6) is 0.695. The third-order valence-electron chi connectivity index (χ3n) is 4.54. The summed E-state index contributed by atoms with van der Waals surface area (Å²) in [5, 5.41) is 7.34. The van der Waals surface area contributed by atoms with Crippen LogP contribution in [-0.2, 0) is 0 Å². The molecule has 3 unspecified atom stereocenters. The molecule has 0 aromatic rings. The van der Waals surface area contributed by atoms with E-state index in [9.17, 15) is 0 Å². The van der Waals surface area contributed by atoms with Gasteiger partial charge in [-0.25, -0.2) is 0 Å². The highest BCUT2D eigenvalue weighted by molar-refractivity contribution is 5.22. The minimum Gasteiger partial charge on any atom is -0.388 e. The lowest BCUT2D eigenvalue weighted by molar-refractivity contribution is 0.198. The summed E-state index contributed by atoms with van der Waals surface area (Å²) in [5.41, 5.74) is 0.797. The number of nitrogens with one attached hydrogen (secondary N) is 2. The Bertz CT molecular complexity index is 295. The van der Waals surface area contributed by atoms with Gasteiger partial charge in [-0.05, 0) is 31.4 Å². The Kier molecular flexibility index (Phi) is 1.48. The number of fused-ring (bicyclic) bond motifs is 4. The van der Waals surface area contributed by atoms with Crippen LogP contribution in [0.25, 0.3) is 0 Å². The molecular formula is C12H20N2. The minimum absolute atomic E-state index is 0.330. The van der Waals surface area contributed by atoms with Crippen molar-refractivity contribution in [1.29, 1.82) is 0 Å². The van der Waals surface area contributed by atoms with Crippen LogP contribution in [0.1, 0.15) is 33.6 Å². The van der Waals surface area contributed by atoms with Crippen molar-refractivity contribution >= 4 is 0 Å². The summed E-state index contributed by atoms with van der Waals surface area (Å²) in [4.78, 5) is 0. The standard InChI is InChI=1S/C12H20N2/c1-11(2)7-12(3)8-4-5-13-9(8)6-10(11)14-12/h4-5,8-10,13-14H,6-7H2,1-3H3/t8?,9?,10?,12-/m0/s1. The molecule has 78 valence electrons. The van der Waals surface area contributed by atoms with E-state index in [0.717, 1.165) is 0 Å². The molecule has 14 heavy (non-hydrogen) atoms. The maximum atomic E-state index is 3.84. The topological polar surface area (TPSA) is 24.1 Å². The maximum absolute atomic E-state index is 3.84. The van der Waals surface area contributed by atoms with E-state index in [1.54, 1.807) is 0 Å². The van der Waals surface area contributed by atoms with Gasteiger partial charge in [-0.3, -0.25) is 0 Å². The summed E-state index contributed by atoms with van der Waals surface area (Å²) in [6, 6.07) is 1.38. The summed E-state index contributed by atoms with van der Waals surface area (Å²) < 4.78 is 0. The maximum Gasteiger partial charge on any atom is 0.0351 e. The van der Waals surface area contributed by atoms with Crippen LogP contribution in [0.15, 0.2) is 12.3 Å². The van der Waals surface area contributed by atoms with Crippen molar-refractivity contribution in [1.82, 2.24) is 10.6 Å². The molecule has 2 fully saturated rings. The second-order valence-electron chi connectivity index (χ2n) is 6.17. The molecule has 3 aliphatic heterocycles. The summed E-state index contributed by atoms with van der Waals surface area (Å²) in [6.07, 6.45) is 7.09. The molecule has 2 heteroatoms. The monoisotopic (exact) mass is 192 g/mol. The molecule has 0 spiro atoms. The highest BCUT2D eigenvalue weighted by Crippen LogP contribution is 2.50. The van der Waals surface area contributed by atoms with E-state index in [2.05, 4.69) is 43.7 Å². The van der Waals surface area contributed by atoms with Crippen LogP contribution < -0.4 is 10.6 Å². The van der Waals surface area contributed by atoms with Crippen molar-refractivity contribution in [2.24, 2.45) is 11.3 Å². The van der Waals surface area contributed by atoms with E-state index in [4.69, 9.17) is 0 Å². The van der Waals surface area contributed by atoms with Crippen LogP contribution in [0.3, 0.4) is 0 Å². The van der Waals surface area contributed by atoms with Crippen molar-refractivity contribution < 1.29 is 0 Å². The zero-order chi connectivity index (χ0) is 9.97. The second-order valence-corrected chi connectivity index (χ2v) is 6.17. The van der Waals surface area contributed by atoms with Crippen LogP contribution in [0, 0.1) is 11.3 Å². The fourth-order valence-electron chi connectivity index (χ4n) is 3.95. The van der Waals surface area contributed by atoms with Gasteiger partial charge in [0.2, 0.25) is 0 Å². The summed E-state index contributed by atoms with van der Waals surface area (Å²) in [6.45, 7) is 7.20. The minimum atomic E-state index is 0.330. The molecule has 2 N–H and O–H groups in total. The quantitative estimate of drug-likeness (QED) is 0.609. The van der Waals surface area contributed by atoms with Gasteiger partial charge in [-0.15, -0.1) is 0 Å². The van der Waals surface area contributed by atoms with Crippen molar-refractivity contribution in [3.63, 3.8) is 0 Å². The van der Waals surface area contributed by atoms with Crippen LogP contribution in [-0.4, -0.2) is 17.6 Å². The van der Waals surface area contributed by atoms with Gasteiger partial charge in [0.05, 0.1) is 0 Å². The Hall–Kier alpha value is -0.500. The fourth-order valence-corrected chi connectivity index (χ4v) is 3.95. The average molecular weight is 192 g/mol. The van der Waals surface area contributed by atoms with Gasteiger partial charge < -0.3 is 10.6 Å².